The molecule has 4 unspecified atom stereocenters. The molecule has 12 rings (SSSR count). The highest BCUT2D eigenvalue weighted by atomic mass is 16.6. The van der Waals surface area contributed by atoms with E-state index in [-0.39, 0.29) is 59.6 Å². The van der Waals surface area contributed by atoms with Crippen LogP contribution in [-0.4, -0.2) is 188 Å². The maximum atomic E-state index is 13.3. The number of carbonyl (C=O) groups is 5. The van der Waals surface area contributed by atoms with Gasteiger partial charge in [0.1, 0.15) is 28.3 Å². The van der Waals surface area contributed by atoms with Crippen molar-refractivity contribution in [2.45, 2.75) is 140 Å². The molecule has 24 heteroatoms. The van der Waals surface area contributed by atoms with Crippen LogP contribution in [0.1, 0.15) is 152 Å². The SMILES string of the molecule is CN(C)C(=O)c1cc2cnc(Nc3ccc(C(=O)N4CC5CCC(C4)N5)nn3)nc2n1C1CCCC1.CN(C)C(=O)c1cc2cnc(Nc3ccc(C(=O)N4CC5CCC(C4)N5C(=O)OC(C)(C)C)nn3)nc2n1C1CCCC1. The first-order chi connectivity index (χ1) is 37.9. The summed E-state index contributed by atoms with van der Waals surface area (Å²) in [4.78, 5) is 91.9. The summed E-state index contributed by atoms with van der Waals surface area (Å²) in [6, 6.07) is 11.5. The number of anilines is 4. The van der Waals surface area contributed by atoms with Gasteiger partial charge in [0.2, 0.25) is 11.9 Å². The lowest BCUT2D eigenvalue weighted by Crippen LogP contribution is -2.58. The van der Waals surface area contributed by atoms with Gasteiger partial charge >= 0.3 is 6.09 Å². The fraction of sp³-hybridized carbons (Fsp3) is 0.545. The van der Waals surface area contributed by atoms with Crippen LogP contribution in [-0.2, 0) is 4.74 Å². The topological polar surface area (TPSA) is 260 Å². The van der Waals surface area contributed by atoms with E-state index in [1.54, 1.807) is 84.4 Å². The summed E-state index contributed by atoms with van der Waals surface area (Å²) in [5.41, 5.74) is 2.68. The zero-order valence-corrected chi connectivity index (χ0v) is 46.1. The van der Waals surface area contributed by atoms with E-state index in [9.17, 15) is 24.0 Å². The number of fused-ring (bicyclic) bond motifs is 6. The lowest BCUT2D eigenvalue weighted by atomic mass is 10.1. The van der Waals surface area contributed by atoms with Crippen LogP contribution in [0.5, 0.6) is 0 Å². The molecule has 6 aromatic heterocycles. The molecule has 6 aromatic rings. The molecule has 4 aliphatic heterocycles. The van der Waals surface area contributed by atoms with Gasteiger partial charge in [-0.15, -0.1) is 20.4 Å². The van der Waals surface area contributed by atoms with Crippen molar-refractivity contribution >= 4 is 75.3 Å². The first-order valence-electron chi connectivity index (χ1n) is 27.7. The highest BCUT2D eigenvalue weighted by molar-refractivity contribution is 5.99. The molecule has 0 aromatic carbocycles. The van der Waals surface area contributed by atoms with Crippen LogP contribution in [0.4, 0.5) is 28.3 Å². The van der Waals surface area contributed by atoms with Crippen LogP contribution in [0.15, 0.2) is 48.8 Å². The molecular formula is C55H70N18O6. The summed E-state index contributed by atoms with van der Waals surface area (Å²) in [6.45, 7) is 7.85. The Morgan fingerprint density at radius 1 is 0.570 bits per heavy atom. The molecule has 6 fully saturated rings. The third-order valence-corrected chi connectivity index (χ3v) is 15.9. The van der Waals surface area contributed by atoms with Crippen LogP contribution in [0, 0.1) is 0 Å². The highest BCUT2D eigenvalue weighted by Crippen LogP contribution is 2.37. The molecular weight excluding hydrogens is 1010 g/mol. The van der Waals surface area contributed by atoms with Gasteiger partial charge < -0.3 is 49.4 Å². The molecule has 79 heavy (non-hydrogen) atoms. The maximum Gasteiger partial charge on any atom is 0.410 e. The maximum absolute atomic E-state index is 13.3. The minimum atomic E-state index is -0.569. The van der Waals surface area contributed by atoms with Crippen LogP contribution in [0.25, 0.3) is 22.1 Å². The molecule has 2 saturated carbocycles. The molecule has 4 atom stereocenters. The Bertz CT molecular complexity index is 3240. The minimum Gasteiger partial charge on any atom is -0.444 e. The summed E-state index contributed by atoms with van der Waals surface area (Å²) >= 11 is 0. The van der Waals surface area contributed by atoms with Crippen molar-refractivity contribution < 1.29 is 28.7 Å². The van der Waals surface area contributed by atoms with Crippen LogP contribution >= 0.6 is 0 Å². The third kappa shape index (κ3) is 11.1. The smallest absolute Gasteiger partial charge is 0.410 e. The van der Waals surface area contributed by atoms with Gasteiger partial charge in [-0.1, -0.05) is 25.7 Å². The van der Waals surface area contributed by atoms with E-state index >= 15 is 0 Å². The molecule has 5 amide bonds. The molecule has 416 valence electrons. The van der Waals surface area contributed by atoms with E-state index in [2.05, 4.69) is 55.4 Å². The molecule has 4 bridgehead atoms. The first kappa shape index (κ1) is 53.1. The Hall–Kier alpha value is -7.89. The van der Waals surface area contributed by atoms with Crippen molar-refractivity contribution in [3.05, 3.63) is 71.6 Å². The normalized spacial score (nSPS) is 21.1. The second kappa shape index (κ2) is 21.7. The number of nitrogens with one attached hydrogen (secondary N) is 3. The van der Waals surface area contributed by atoms with Gasteiger partial charge in [-0.05, 0) is 109 Å². The average molecular weight is 1080 g/mol. The van der Waals surface area contributed by atoms with Gasteiger partial charge in [0.25, 0.3) is 23.6 Å². The summed E-state index contributed by atoms with van der Waals surface area (Å²) in [7, 11) is 7.02. The Morgan fingerprint density at radius 2 is 1.00 bits per heavy atom. The number of likely N-dealkylation sites (tertiary alicyclic amines) is 2. The molecule has 24 nitrogen and oxygen atoms in total. The van der Waals surface area contributed by atoms with E-state index in [0.29, 0.717) is 84.5 Å². The number of nitrogens with zero attached hydrogens (tertiary/aromatic N) is 15. The molecule has 0 radical (unpaired) electrons. The monoisotopic (exact) mass is 1080 g/mol. The van der Waals surface area contributed by atoms with Gasteiger partial charge in [0.05, 0.1) is 12.1 Å². The fourth-order valence-electron chi connectivity index (χ4n) is 12.2. The number of amides is 5. The summed E-state index contributed by atoms with van der Waals surface area (Å²) in [6.07, 6.45) is 15.6. The van der Waals surface area contributed by atoms with Crippen LogP contribution in [0.2, 0.25) is 0 Å². The Kier molecular flexibility index (Phi) is 14.6. The van der Waals surface area contributed by atoms with Gasteiger partial charge in [0.15, 0.2) is 23.0 Å². The lowest BCUT2D eigenvalue weighted by Gasteiger charge is -2.41. The van der Waals surface area contributed by atoms with E-state index in [4.69, 9.17) is 14.7 Å². The standard InChI is InChI=1S/C30H39N9O4.C25H31N9O2/c1-30(2,3)43-29(42)38-20-10-11-21(38)17-37(16-20)26(40)22-12-13-24(35-34-22)32-28-31-15-18-14-23(27(41)36(4)5)39(25(18)33-28)19-8-6-7-9-19;1-32(2)24(36)20-11-15-12-26-25(29-22(15)34(20)18-5-3-4-6-18)28-21-10-9-19(30-31-21)23(35)33-13-16-7-8-17(14-33)27-16/h12-15,19-21H,6-11,16-17H2,1-5H3,(H,31,32,33,35);9-12,16-18,27H,3-8,13-14H2,1-2H3,(H,26,28,29,31). The van der Waals surface area contributed by atoms with Crippen molar-refractivity contribution in [3.8, 4) is 0 Å². The second-order valence-corrected chi connectivity index (χ2v) is 23.2. The van der Waals surface area contributed by atoms with Gasteiger partial charge in [-0.3, -0.25) is 24.1 Å². The predicted octanol–water partition coefficient (Wildman–Crippen LogP) is 6.36. The summed E-state index contributed by atoms with van der Waals surface area (Å²) in [5.74, 6) is 1.14. The van der Waals surface area contributed by atoms with Crippen molar-refractivity contribution in [1.82, 2.24) is 79.3 Å². The van der Waals surface area contributed by atoms with E-state index in [0.717, 1.165) is 93.5 Å². The van der Waals surface area contributed by atoms with E-state index in [1.807, 2.05) is 37.8 Å². The number of aromatic nitrogens is 10. The highest BCUT2D eigenvalue weighted by Gasteiger charge is 2.46. The number of carbonyl (C=O) groups excluding carboxylic acids is 5. The van der Waals surface area contributed by atoms with E-state index < -0.39 is 5.60 Å². The van der Waals surface area contributed by atoms with Crippen molar-refractivity contribution in [2.75, 3.05) is 65.0 Å². The van der Waals surface area contributed by atoms with Gasteiger partial charge in [-0.2, -0.15) is 9.97 Å². The zero-order chi connectivity index (χ0) is 55.3. The van der Waals surface area contributed by atoms with Gasteiger partial charge in [-0.25, -0.2) is 14.8 Å². The molecule has 3 N–H and O–H groups in total. The van der Waals surface area contributed by atoms with E-state index in [1.165, 1.54) is 0 Å². The predicted molar refractivity (Wildman–Crippen MR) is 293 cm³/mol. The number of hydrogen-bond acceptors (Lipinski definition) is 17. The largest absolute Gasteiger partial charge is 0.444 e. The third-order valence-electron chi connectivity index (χ3n) is 15.9. The molecule has 0 spiro atoms. The zero-order valence-electron chi connectivity index (χ0n) is 46.1. The van der Waals surface area contributed by atoms with Crippen LogP contribution in [0.3, 0.4) is 0 Å². The van der Waals surface area contributed by atoms with Crippen LogP contribution < -0.4 is 16.0 Å². The minimum absolute atomic E-state index is 0.0435. The first-order valence-corrected chi connectivity index (χ1v) is 27.7. The average Bonchev–Trinajstić information content (AvgIpc) is 4.51. The number of rotatable bonds is 10. The molecule has 6 aliphatic rings. The summed E-state index contributed by atoms with van der Waals surface area (Å²) < 4.78 is 9.73. The number of ether oxygens (including phenoxy) is 1. The van der Waals surface area contributed by atoms with Gasteiger partial charge in [0, 0.05) is 102 Å². The van der Waals surface area contributed by atoms with Crippen molar-refractivity contribution in [3.63, 3.8) is 0 Å². The lowest BCUT2D eigenvalue weighted by molar-refractivity contribution is -0.00347. The fourth-order valence-corrected chi connectivity index (χ4v) is 12.2. The summed E-state index contributed by atoms with van der Waals surface area (Å²) in [5, 5.41) is 28.2. The Morgan fingerprint density at radius 3 is 1.39 bits per heavy atom. The van der Waals surface area contributed by atoms with Crippen molar-refractivity contribution in [2.24, 2.45) is 0 Å². The molecule has 4 saturated heterocycles. The molecule has 2 aliphatic carbocycles. The number of piperazine rings is 2. The molecule has 10 heterocycles. The van der Waals surface area contributed by atoms with Crippen molar-refractivity contribution in [1.29, 1.82) is 0 Å². The number of hydrogen-bond donors (Lipinski definition) is 3. The second-order valence-electron chi connectivity index (χ2n) is 23.2. The Balaban J connectivity index is 0.000000170. The Labute approximate surface area is 458 Å². The quantitative estimate of drug-likeness (QED) is 0.135.